The molecule has 0 spiro atoms. The summed E-state index contributed by atoms with van der Waals surface area (Å²) >= 11 is 0. The number of hydrogen-bond acceptors (Lipinski definition) is 2. The zero-order valence-electron chi connectivity index (χ0n) is 36.5. The Morgan fingerprint density at radius 1 is 0.569 bits per heavy atom. The Morgan fingerprint density at radius 3 is 1.27 bits per heavy atom. The molecule has 0 bridgehead atoms. The SMILES string of the molecule is CCCCC(CCCC)(CCCC)[Si](C)(CCCC)c1cc([Si](C)(CCCC)C(CCCC)(CCCC)CCCC)c2nc(C(C)C)n(O)c2c1. The number of benzene rings is 1. The molecular weight excluding hydrogens is 653 g/mol. The molecule has 0 saturated heterocycles. The third kappa shape index (κ3) is 10.6. The van der Waals surface area contributed by atoms with Crippen molar-refractivity contribution in [2.75, 3.05) is 0 Å². The maximum absolute atomic E-state index is 12.1. The summed E-state index contributed by atoms with van der Waals surface area (Å²) in [7, 11) is -4.29. The molecule has 3 nitrogen and oxygen atoms in total. The molecule has 1 aromatic heterocycles. The van der Waals surface area contributed by atoms with Gasteiger partial charge in [-0.25, -0.2) is 4.98 Å². The standard InChI is InChI=1S/C46H88N2OSi2/c1-13-21-29-45(30-22-14-2,31-23-15-3)50(11,35-27-19-7)40-37-41-43(47-44(39(9)10)48(41)49)42(38-40)51(12,36-28-20-8)46(32-24-16-4,33-25-17-5)34-26-18-6/h37-39,49H,13-36H2,1-12H3. The minimum absolute atomic E-state index is 0.175. The van der Waals surface area contributed by atoms with E-state index >= 15 is 0 Å². The van der Waals surface area contributed by atoms with Gasteiger partial charge in [0.2, 0.25) is 0 Å². The highest BCUT2D eigenvalue weighted by molar-refractivity contribution is 6.97. The molecule has 1 heterocycles. The van der Waals surface area contributed by atoms with Gasteiger partial charge in [0.1, 0.15) is 11.3 Å². The summed E-state index contributed by atoms with van der Waals surface area (Å²) in [5.74, 6) is 1.02. The maximum Gasteiger partial charge on any atom is 0.148 e. The fourth-order valence-electron chi connectivity index (χ4n) is 10.3. The average molecular weight is 741 g/mol. The first-order valence-corrected chi connectivity index (χ1v) is 28.1. The summed E-state index contributed by atoms with van der Waals surface area (Å²) in [6.07, 6.45) is 29.0. The van der Waals surface area contributed by atoms with Gasteiger partial charge in [-0.3, -0.25) is 0 Å². The second-order valence-corrected chi connectivity index (χ2v) is 27.4. The molecule has 5 heteroatoms. The van der Waals surface area contributed by atoms with Crippen LogP contribution in [-0.2, 0) is 0 Å². The van der Waals surface area contributed by atoms with Gasteiger partial charge in [0, 0.05) is 5.92 Å². The second-order valence-electron chi connectivity index (χ2n) is 17.9. The molecule has 2 unspecified atom stereocenters. The van der Waals surface area contributed by atoms with E-state index in [9.17, 15) is 5.21 Å². The Hall–Kier alpha value is -1.08. The van der Waals surface area contributed by atoms with Crippen molar-refractivity contribution in [2.45, 2.75) is 252 Å². The molecule has 1 N–H and O–H groups in total. The van der Waals surface area contributed by atoms with Crippen molar-refractivity contribution in [3.63, 3.8) is 0 Å². The molecule has 0 radical (unpaired) electrons. The molecule has 2 aromatic rings. The molecule has 0 fully saturated rings. The molecule has 0 aliphatic carbocycles. The normalized spacial score (nSPS) is 15.2. The summed E-state index contributed by atoms with van der Waals surface area (Å²) < 4.78 is 1.56. The van der Waals surface area contributed by atoms with Gasteiger partial charge in [-0.15, -0.1) is 0 Å². The average Bonchev–Trinajstić information content (AvgIpc) is 3.48. The van der Waals surface area contributed by atoms with Crippen molar-refractivity contribution in [2.24, 2.45) is 0 Å². The highest BCUT2D eigenvalue weighted by atomic mass is 28.3. The molecule has 0 aliphatic heterocycles. The van der Waals surface area contributed by atoms with Crippen LogP contribution in [0.25, 0.3) is 11.0 Å². The minimum Gasteiger partial charge on any atom is -0.427 e. The second kappa shape index (κ2) is 22.3. The Kier molecular flexibility index (Phi) is 20.2. The summed E-state index contributed by atoms with van der Waals surface area (Å²) in [6, 6.07) is 8.09. The number of rotatable bonds is 29. The van der Waals surface area contributed by atoms with Gasteiger partial charge < -0.3 is 5.21 Å². The Balaban J connectivity index is 3.28. The maximum atomic E-state index is 12.1. The lowest BCUT2D eigenvalue weighted by atomic mass is 9.89. The van der Waals surface area contributed by atoms with Gasteiger partial charge in [0.05, 0.1) is 21.7 Å². The third-order valence-electron chi connectivity index (χ3n) is 14.0. The fraction of sp³-hybridized carbons (Fsp3) is 0.848. The Morgan fingerprint density at radius 2 is 0.922 bits per heavy atom. The first-order valence-electron chi connectivity index (χ1n) is 22.7. The lowest BCUT2D eigenvalue weighted by Gasteiger charge is -2.51. The van der Waals surface area contributed by atoms with E-state index in [2.05, 4.69) is 94.5 Å². The predicted molar refractivity (Wildman–Crippen MR) is 235 cm³/mol. The van der Waals surface area contributed by atoms with Crippen molar-refractivity contribution >= 4 is 37.6 Å². The third-order valence-corrected chi connectivity index (χ3v) is 26.0. The number of unbranched alkanes of at least 4 members (excludes halogenated alkanes) is 8. The molecule has 1 aromatic carbocycles. The largest absolute Gasteiger partial charge is 0.427 e. The first-order chi connectivity index (χ1) is 24.4. The van der Waals surface area contributed by atoms with E-state index in [-0.39, 0.29) is 5.92 Å². The Labute approximate surface area is 320 Å². The number of fused-ring (bicyclic) bond motifs is 1. The first kappa shape index (κ1) is 46.1. The van der Waals surface area contributed by atoms with Crippen LogP contribution in [0.5, 0.6) is 0 Å². The van der Waals surface area contributed by atoms with Crippen molar-refractivity contribution in [3.8, 4) is 0 Å². The molecule has 0 saturated carbocycles. The van der Waals surface area contributed by atoms with Crippen molar-refractivity contribution in [1.82, 2.24) is 9.71 Å². The van der Waals surface area contributed by atoms with E-state index in [0.717, 1.165) is 16.9 Å². The summed E-state index contributed by atoms with van der Waals surface area (Å²) in [4.78, 5) is 5.50. The van der Waals surface area contributed by atoms with Gasteiger partial charge in [-0.05, 0) is 59.9 Å². The van der Waals surface area contributed by atoms with E-state index in [4.69, 9.17) is 4.98 Å². The molecule has 51 heavy (non-hydrogen) atoms. The number of hydrogen-bond donors (Lipinski definition) is 1. The highest BCUT2D eigenvalue weighted by Gasteiger charge is 2.53. The van der Waals surface area contributed by atoms with E-state index in [1.807, 2.05) is 0 Å². The zero-order chi connectivity index (χ0) is 38.1. The molecule has 0 aliphatic rings. The van der Waals surface area contributed by atoms with Crippen LogP contribution in [0.2, 0.25) is 35.3 Å². The van der Waals surface area contributed by atoms with Crippen LogP contribution < -0.4 is 10.4 Å². The lowest BCUT2D eigenvalue weighted by molar-refractivity contribution is 0.185. The molecule has 2 atom stereocenters. The van der Waals surface area contributed by atoms with Gasteiger partial charge in [-0.1, -0.05) is 208 Å². The molecule has 2 rings (SSSR count). The van der Waals surface area contributed by atoms with Crippen LogP contribution in [0, 0.1) is 0 Å². The minimum atomic E-state index is -2.19. The lowest BCUT2D eigenvalue weighted by Crippen LogP contribution is -2.60. The van der Waals surface area contributed by atoms with Crippen molar-refractivity contribution < 1.29 is 5.21 Å². The molecular formula is C46H88N2OSi2. The number of nitrogens with zero attached hydrogens (tertiary/aromatic N) is 2. The van der Waals surface area contributed by atoms with Gasteiger partial charge in [0.15, 0.2) is 0 Å². The molecule has 296 valence electrons. The summed E-state index contributed by atoms with van der Waals surface area (Å²) in [6.45, 7) is 29.3. The van der Waals surface area contributed by atoms with Gasteiger partial charge in [-0.2, -0.15) is 4.73 Å². The summed E-state index contributed by atoms with van der Waals surface area (Å²) in [5.41, 5.74) is 2.19. The quantitative estimate of drug-likeness (QED) is 0.0666. The van der Waals surface area contributed by atoms with Crippen molar-refractivity contribution in [3.05, 3.63) is 18.0 Å². The van der Waals surface area contributed by atoms with Crippen LogP contribution in [-0.4, -0.2) is 31.1 Å². The summed E-state index contributed by atoms with van der Waals surface area (Å²) in [5, 5.41) is 16.2. The van der Waals surface area contributed by atoms with Crippen molar-refractivity contribution in [1.29, 1.82) is 0 Å². The molecule has 0 amide bonds. The van der Waals surface area contributed by atoms with Gasteiger partial charge >= 0.3 is 0 Å². The highest BCUT2D eigenvalue weighted by Crippen LogP contribution is 2.56. The number of imidazole rings is 1. The fourth-order valence-corrected chi connectivity index (χ4v) is 21.8. The van der Waals surface area contributed by atoms with Crippen LogP contribution >= 0.6 is 0 Å². The van der Waals surface area contributed by atoms with Crippen LogP contribution in [0.15, 0.2) is 12.1 Å². The van der Waals surface area contributed by atoms with E-state index in [1.54, 1.807) is 15.1 Å². The van der Waals surface area contributed by atoms with Crippen LogP contribution in [0.4, 0.5) is 0 Å². The van der Waals surface area contributed by atoms with Crippen LogP contribution in [0.3, 0.4) is 0 Å². The topological polar surface area (TPSA) is 38.0 Å². The smallest absolute Gasteiger partial charge is 0.148 e. The zero-order valence-corrected chi connectivity index (χ0v) is 38.5. The van der Waals surface area contributed by atoms with E-state index < -0.39 is 16.1 Å². The Bertz CT molecular complexity index is 1210. The van der Waals surface area contributed by atoms with E-state index in [0.29, 0.717) is 10.1 Å². The predicted octanol–water partition coefficient (Wildman–Crippen LogP) is 15.2. The monoisotopic (exact) mass is 741 g/mol. The van der Waals surface area contributed by atoms with Crippen LogP contribution in [0.1, 0.15) is 222 Å². The van der Waals surface area contributed by atoms with E-state index in [1.165, 1.54) is 153 Å². The van der Waals surface area contributed by atoms with Gasteiger partial charge in [0.25, 0.3) is 0 Å². The number of aromatic nitrogens is 2.